The van der Waals surface area contributed by atoms with Gasteiger partial charge in [-0.15, -0.1) is 0 Å². The van der Waals surface area contributed by atoms with Crippen LogP contribution in [-0.4, -0.2) is 0 Å². The van der Waals surface area contributed by atoms with Crippen molar-refractivity contribution >= 4 is 75.8 Å². The smallest absolute Gasteiger partial charge is 0.136 e. The Balaban J connectivity index is 1.08. The number of hydrogen-bond donors (Lipinski definition) is 0. The highest BCUT2D eigenvalue weighted by Crippen LogP contribution is 2.66. The van der Waals surface area contributed by atoms with Gasteiger partial charge in [-0.25, -0.2) is 0 Å². The number of furan rings is 1. The van der Waals surface area contributed by atoms with Crippen molar-refractivity contribution in [2.45, 2.75) is 5.41 Å². The van der Waals surface area contributed by atoms with Gasteiger partial charge in [0.2, 0.25) is 0 Å². The van der Waals surface area contributed by atoms with E-state index in [0.717, 1.165) is 16.6 Å². The molecule has 1 nitrogen and oxygen atoms in total. The van der Waals surface area contributed by atoms with Crippen LogP contribution in [-0.2, 0) is 5.41 Å². The fourth-order valence-electron chi connectivity index (χ4n) is 12.4. The summed E-state index contributed by atoms with van der Waals surface area (Å²) in [4.78, 5) is 0. The standard InChI is InChI=1S/C63H36O/c1-3-17-40-37(15-1)30-34-57-61(40)52-35-39(31-33-56(52)64-57)58-46-23-7-9-25-48(46)59(49-26-10-8-24-47(49)58)51-36-55-60(45-22-6-5-19-42(45)51)50-32-29-38-16-2-4-18-41(38)62(50)63(55)53-27-13-11-20-43(53)44-21-12-14-28-54(44)63/h1-36H. The van der Waals surface area contributed by atoms with Crippen LogP contribution in [0.5, 0.6) is 0 Å². The summed E-state index contributed by atoms with van der Waals surface area (Å²) in [6, 6.07) is 81.8. The van der Waals surface area contributed by atoms with E-state index < -0.39 is 5.41 Å². The Hall–Kier alpha value is -8.26. The molecule has 2 aliphatic rings. The first kappa shape index (κ1) is 34.3. The Morgan fingerprint density at radius 2 is 0.781 bits per heavy atom. The van der Waals surface area contributed by atoms with Crippen LogP contribution in [0.3, 0.4) is 0 Å². The van der Waals surface area contributed by atoms with Crippen molar-refractivity contribution in [1.29, 1.82) is 0 Å². The molecule has 0 N–H and O–H groups in total. The maximum atomic E-state index is 6.51. The van der Waals surface area contributed by atoms with Crippen molar-refractivity contribution in [3.8, 4) is 44.5 Å². The number of benzene rings is 12. The molecule has 0 saturated heterocycles. The third-order valence-electron chi connectivity index (χ3n) is 14.8. The maximum Gasteiger partial charge on any atom is 0.136 e. The second kappa shape index (κ2) is 12.4. The minimum Gasteiger partial charge on any atom is -0.456 e. The van der Waals surface area contributed by atoms with Crippen LogP contribution in [0.1, 0.15) is 22.3 Å². The van der Waals surface area contributed by atoms with Gasteiger partial charge in [-0.05, 0) is 145 Å². The lowest BCUT2D eigenvalue weighted by atomic mass is 9.68. The third-order valence-corrected chi connectivity index (χ3v) is 14.8. The van der Waals surface area contributed by atoms with Gasteiger partial charge in [0.05, 0.1) is 5.41 Å². The molecular weight excluding hydrogens is 773 g/mol. The van der Waals surface area contributed by atoms with Gasteiger partial charge >= 0.3 is 0 Å². The summed E-state index contributed by atoms with van der Waals surface area (Å²) in [7, 11) is 0. The van der Waals surface area contributed by atoms with Gasteiger partial charge in [0.15, 0.2) is 0 Å². The molecule has 0 aliphatic heterocycles. The zero-order valence-corrected chi connectivity index (χ0v) is 34.7. The van der Waals surface area contributed by atoms with Gasteiger partial charge in [0.25, 0.3) is 0 Å². The minimum atomic E-state index is -0.518. The highest BCUT2D eigenvalue weighted by molar-refractivity contribution is 6.26. The van der Waals surface area contributed by atoms with Gasteiger partial charge in [0, 0.05) is 10.8 Å². The van der Waals surface area contributed by atoms with Crippen molar-refractivity contribution in [1.82, 2.24) is 0 Å². The Labute approximate surface area is 369 Å². The van der Waals surface area contributed by atoms with E-state index in [1.54, 1.807) is 0 Å². The van der Waals surface area contributed by atoms with Crippen molar-refractivity contribution in [2.75, 3.05) is 0 Å². The molecule has 1 heterocycles. The molecule has 0 fully saturated rings. The summed E-state index contributed by atoms with van der Waals surface area (Å²) in [6.07, 6.45) is 0. The van der Waals surface area contributed by atoms with E-state index in [1.807, 2.05) is 0 Å². The van der Waals surface area contributed by atoms with E-state index >= 15 is 0 Å². The molecule has 1 spiro atoms. The molecule has 15 rings (SSSR count). The van der Waals surface area contributed by atoms with Gasteiger partial charge in [0.1, 0.15) is 11.2 Å². The van der Waals surface area contributed by atoms with E-state index in [2.05, 4.69) is 218 Å². The van der Waals surface area contributed by atoms with Crippen molar-refractivity contribution in [2.24, 2.45) is 0 Å². The van der Waals surface area contributed by atoms with E-state index in [1.165, 1.54) is 126 Å². The Morgan fingerprint density at radius 1 is 0.281 bits per heavy atom. The maximum absolute atomic E-state index is 6.51. The molecule has 0 bridgehead atoms. The summed E-state index contributed by atoms with van der Waals surface area (Å²) >= 11 is 0. The van der Waals surface area contributed by atoms with Gasteiger partial charge in [-0.3, -0.25) is 0 Å². The molecule has 294 valence electrons. The quantitative estimate of drug-likeness (QED) is 0.159. The normalized spacial score (nSPS) is 13.4. The molecule has 0 atom stereocenters. The van der Waals surface area contributed by atoms with Crippen molar-refractivity contribution in [3.05, 3.63) is 241 Å². The molecule has 2 aliphatic carbocycles. The largest absolute Gasteiger partial charge is 0.456 e. The number of rotatable bonds is 2. The molecule has 1 heteroatoms. The lowest BCUT2D eigenvalue weighted by molar-refractivity contribution is 0.669. The van der Waals surface area contributed by atoms with Crippen LogP contribution in [0.2, 0.25) is 0 Å². The molecule has 12 aromatic carbocycles. The average molecular weight is 809 g/mol. The van der Waals surface area contributed by atoms with Crippen LogP contribution in [0, 0.1) is 0 Å². The Bertz CT molecular complexity index is 4100. The zero-order valence-electron chi connectivity index (χ0n) is 34.7. The summed E-state index contributed by atoms with van der Waals surface area (Å²) in [5, 5.41) is 14.8. The zero-order chi connectivity index (χ0) is 41.7. The van der Waals surface area contributed by atoms with Crippen molar-refractivity contribution < 1.29 is 4.42 Å². The highest BCUT2D eigenvalue weighted by atomic mass is 16.3. The molecule has 0 unspecified atom stereocenters. The Morgan fingerprint density at radius 3 is 1.45 bits per heavy atom. The van der Waals surface area contributed by atoms with Gasteiger partial charge in [-0.2, -0.15) is 0 Å². The Kier molecular flexibility index (Phi) is 6.67. The van der Waals surface area contributed by atoms with Gasteiger partial charge in [-0.1, -0.05) is 194 Å². The highest BCUT2D eigenvalue weighted by Gasteiger charge is 2.53. The fraction of sp³-hybridized carbons (Fsp3) is 0.0159. The minimum absolute atomic E-state index is 0.518. The van der Waals surface area contributed by atoms with Crippen molar-refractivity contribution in [3.63, 3.8) is 0 Å². The first-order valence-electron chi connectivity index (χ1n) is 22.3. The number of hydrogen-bond acceptors (Lipinski definition) is 1. The van der Waals surface area contributed by atoms with E-state index in [9.17, 15) is 0 Å². The topological polar surface area (TPSA) is 13.1 Å². The average Bonchev–Trinajstić information content (AvgIpc) is 3.99. The summed E-state index contributed by atoms with van der Waals surface area (Å²) < 4.78 is 6.51. The third kappa shape index (κ3) is 4.24. The van der Waals surface area contributed by atoms with Gasteiger partial charge < -0.3 is 4.42 Å². The van der Waals surface area contributed by atoms with E-state index in [-0.39, 0.29) is 0 Å². The molecule has 13 aromatic rings. The predicted octanol–water partition coefficient (Wildman–Crippen LogP) is 17.0. The summed E-state index contributed by atoms with van der Waals surface area (Å²) in [5.74, 6) is 0. The molecular formula is C63H36O. The van der Waals surface area contributed by atoms with Crippen LogP contribution >= 0.6 is 0 Å². The van der Waals surface area contributed by atoms with Crippen LogP contribution in [0.4, 0.5) is 0 Å². The monoisotopic (exact) mass is 808 g/mol. The summed E-state index contributed by atoms with van der Waals surface area (Å²) in [5.41, 5.74) is 17.0. The second-order valence-corrected chi connectivity index (χ2v) is 17.8. The van der Waals surface area contributed by atoms with Crippen LogP contribution < -0.4 is 0 Å². The lowest BCUT2D eigenvalue weighted by Gasteiger charge is -2.32. The first-order valence-corrected chi connectivity index (χ1v) is 22.3. The van der Waals surface area contributed by atoms with E-state index in [4.69, 9.17) is 4.42 Å². The lowest BCUT2D eigenvalue weighted by Crippen LogP contribution is -2.26. The number of fused-ring (bicyclic) bond motifs is 21. The summed E-state index contributed by atoms with van der Waals surface area (Å²) in [6.45, 7) is 0. The predicted molar refractivity (Wildman–Crippen MR) is 268 cm³/mol. The SMILES string of the molecule is c1ccc2c(c1)-c1ccccc1C21c2cc(-c3c4ccccc4c(-c4ccc5oc6ccc7ccccc7c6c5c4)c4ccccc34)c3ccccc3c2-c2ccc3ccccc3c21. The van der Waals surface area contributed by atoms with Crippen LogP contribution in [0.15, 0.2) is 223 Å². The first-order chi connectivity index (χ1) is 31.8. The molecule has 0 saturated carbocycles. The molecule has 64 heavy (non-hydrogen) atoms. The van der Waals surface area contributed by atoms with Crippen LogP contribution in [0.25, 0.3) is 120 Å². The molecule has 0 radical (unpaired) electrons. The van der Waals surface area contributed by atoms with E-state index in [0.29, 0.717) is 0 Å². The fourth-order valence-corrected chi connectivity index (χ4v) is 12.4. The molecule has 0 amide bonds. The second-order valence-electron chi connectivity index (χ2n) is 17.8. The molecule has 1 aromatic heterocycles.